The molecule has 1 fully saturated rings. The van der Waals surface area contributed by atoms with E-state index in [-0.39, 0.29) is 6.10 Å². The first-order chi connectivity index (χ1) is 9.40. The summed E-state index contributed by atoms with van der Waals surface area (Å²) in [7, 11) is 0. The number of rotatable bonds is 3. The highest BCUT2D eigenvalue weighted by atomic mass is 127. The first kappa shape index (κ1) is 15.9. The van der Waals surface area contributed by atoms with E-state index in [9.17, 15) is 0 Å². The van der Waals surface area contributed by atoms with Gasteiger partial charge in [-0.25, -0.2) is 9.97 Å². The van der Waals surface area contributed by atoms with Crippen LogP contribution in [0.5, 0.6) is 0 Å². The van der Waals surface area contributed by atoms with Crippen molar-refractivity contribution in [3.8, 4) is 0 Å². The summed E-state index contributed by atoms with van der Waals surface area (Å²) in [5, 5.41) is 0. The van der Waals surface area contributed by atoms with Crippen LogP contribution in [0.1, 0.15) is 51.2 Å². The number of hydrogen-bond donors (Lipinski definition) is 1. The molecular formula is C14H23IN4O. The van der Waals surface area contributed by atoms with E-state index in [0.717, 1.165) is 34.8 Å². The van der Waals surface area contributed by atoms with Crippen molar-refractivity contribution in [3.63, 3.8) is 0 Å². The second-order valence-electron chi connectivity index (χ2n) is 5.77. The Labute approximate surface area is 134 Å². The molecule has 1 aromatic rings. The Morgan fingerprint density at radius 1 is 1.30 bits per heavy atom. The Morgan fingerprint density at radius 3 is 2.60 bits per heavy atom. The maximum absolute atomic E-state index is 6.03. The molecule has 2 heterocycles. The van der Waals surface area contributed by atoms with Gasteiger partial charge in [-0.15, -0.1) is 0 Å². The number of ether oxygens (including phenoxy) is 1. The third-order valence-corrected chi connectivity index (χ3v) is 4.69. The van der Waals surface area contributed by atoms with E-state index in [1.54, 1.807) is 0 Å². The van der Waals surface area contributed by atoms with Gasteiger partial charge >= 0.3 is 0 Å². The Hall–Kier alpha value is -0.470. The summed E-state index contributed by atoms with van der Waals surface area (Å²) < 4.78 is 6.81. The zero-order valence-electron chi connectivity index (χ0n) is 12.6. The van der Waals surface area contributed by atoms with Crippen LogP contribution in [0, 0.1) is 3.57 Å². The SMILES string of the molecule is CC(C)c1nc(C2CN(C(C)C)CCO2)nc(N)c1I. The molecule has 0 radical (unpaired) electrons. The van der Waals surface area contributed by atoms with E-state index in [4.69, 9.17) is 15.5 Å². The molecule has 20 heavy (non-hydrogen) atoms. The van der Waals surface area contributed by atoms with Crippen molar-refractivity contribution in [2.45, 2.75) is 45.8 Å². The molecule has 1 aliphatic heterocycles. The summed E-state index contributed by atoms with van der Waals surface area (Å²) in [6, 6.07) is 0.507. The van der Waals surface area contributed by atoms with Crippen molar-refractivity contribution in [1.82, 2.24) is 14.9 Å². The summed E-state index contributed by atoms with van der Waals surface area (Å²) in [6.07, 6.45) is -0.0806. The van der Waals surface area contributed by atoms with Gasteiger partial charge < -0.3 is 10.5 Å². The molecule has 1 atom stereocenters. The number of nitrogens with two attached hydrogens (primary N) is 1. The number of anilines is 1. The van der Waals surface area contributed by atoms with Gasteiger partial charge in [-0.2, -0.15) is 0 Å². The summed E-state index contributed by atoms with van der Waals surface area (Å²) in [5.41, 5.74) is 7.04. The van der Waals surface area contributed by atoms with E-state index in [0.29, 0.717) is 17.8 Å². The Bertz CT molecular complexity index is 478. The van der Waals surface area contributed by atoms with Crippen LogP contribution in [-0.2, 0) is 4.74 Å². The summed E-state index contributed by atoms with van der Waals surface area (Å²) >= 11 is 2.22. The largest absolute Gasteiger partial charge is 0.383 e. The molecule has 5 nitrogen and oxygen atoms in total. The minimum Gasteiger partial charge on any atom is -0.383 e. The number of nitrogens with zero attached hydrogens (tertiary/aromatic N) is 3. The molecule has 0 spiro atoms. The van der Waals surface area contributed by atoms with Crippen molar-refractivity contribution in [1.29, 1.82) is 0 Å². The number of aromatic nitrogens is 2. The van der Waals surface area contributed by atoms with Crippen LogP contribution in [0.25, 0.3) is 0 Å². The topological polar surface area (TPSA) is 64.3 Å². The predicted octanol–water partition coefficient (Wildman–Crippen LogP) is 2.57. The maximum atomic E-state index is 6.03. The highest BCUT2D eigenvalue weighted by Crippen LogP contribution is 2.27. The fourth-order valence-electron chi connectivity index (χ4n) is 2.32. The van der Waals surface area contributed by atoms with Crippen LogP contribution < -0.4 is 5.73 Å². The molecule has 1 saturated heterocycles. The first-order valence-electron chi connectivity index (χ1n) is 7.08. The van der Waals surface area contributed by atoms with Gasteiger partial charge in [-0.05, 0) is 42.4 Å². The van der Waals surface area contributed by atoms with Crippen LogP contribution in [0.2, 0.25) is 0 Å². The third kappa shape index (κ3) is 3.40. The molecule has 2 N–H and O–H groups in total. The molecule has 1 aliphatic rings. The number of morpholine rings is 1. The predicted molar refractivity (Wildman–Crippen MR) is 88.7 cm³/mol. The number of halogens is 1. The Kier molecular flexibility index (Phi) is 5.19. The Balaban J connectivity index is 2.28. The average Bonchev–Trinajstić information content (AvgIpc) is 2.41. The van der Waals surface area contributed by atoms with Crippen molar-refractivity contribution < 1.29 is 4.74 Å². The van der Waals surface area contributed by atoms with E-state index < -0.39 is 0 Å². The molecule has 2 rings (SSSR count). The lowest BCUT2D eigenvalue weighted by molar-refractivity contribution is -0.0443. The number of nitrogen functional groups attached to an aromatic ring is 1. The molecular weight excluding hydrogens is 367 g/mol. The van der Waals surface area contributed by atoms with E-state index >= 15 is 0 Å². The van der Waals surface area contributed by atoms with Gasteiger partial charge in [-0.1, -0.05) is 13.8 Å². The lowest BCUT2D eigenvalue weighted by Crippen LogP contribution is -2.42. The van der Waals surface area contributed by atoms with Gasteiger partial charge in [0, 0.05) is 19.1 Å². The van der Waals surface area contributed by atoms with Crippen LogP contribution in [-0.4, -0.2) is 40.6 Å². The lowest BCUT2D eigenvalue weighted by atomic mass is 10.1. The zero-order chi connectivity index (χ0) is 14.9. The third-order valence-electron chi connectivity index (χ3n) is 3.58. The fraction of sp³-hybridized carbons (Fsp3) is 0.714. The van der Waals surface area contributed by atoms with Gasteiger partial charge in [0.05, 0.1) is 15.9 Å². The number of hydrogen-bond acceptors (Lipinski definition) is 5. The second-order valence-corrected chi connectivity index (χ2v) is 6.85. The zero-order valence-corrected chi connectivity index (χ0v) is 14.7. The van der Waals surface area contributed by atoms with Crippen LogP contribution in [0.4, 0.5) is 5.82 Å². The van der Waals surface area contributed by atoms with E-state index in [2.05, 4.69) is 60.2 Å². The molecule has 0 aromatic carbocycles. The highest BCUT2D eigenvalue weighted by molar-refractivity contribution is 14.1. The highest BCUT2D eigenvalue weighted by Gasteiger charge is 2.27. The summed E-state index contributed by atoms with van der Waals surface area (Å²) in [6.45, 7) is 11.2. The molecule has 1 aromatic heterocycles. The van der Waals surface area contributed by atoms with Crippen LogP contribution in [0.15, 0.2) is 0 Å². The molecule has 6 heteroatoms. The second kappa shape index (κ2) is 6.53. The monoisotopic (exact) mass is 390 g/mol. The molecule has 0 saturated carbocycles. The maximum Gasteiger partial charge on any atom is 0.161 e. The van der Waals surface area contributed by atoms with Crippen LogP contribution >= 0.6 is 22.6 Å². The molecule has 0 aliphatic carbocycles. The van der Waals surface area contributed by atoms with Crippen LogP contribution in [0.3, 0.4) is 0 Å². The summed E-state index contributed by atoms with van der Waals surface area (Å²) in [4.78, 5) is 11.5. The first-order valence-corrected chi connectivity index (χ1v) is 8.16. The normalized spacial score (nSPS) is 20.9. The summed E-state index contributed by atoms with van der Waals surface area (Å²) in [5.74, 6) is 1.61. The molecule has 112 valence electrons. The van der Waals surface area contributed by atoms with Gasteiger partial charge in [0.2, 0.25) is 0 Å². The van der Waals surface area contributed by atoms with Crippen molar-refractivity contribution >= 4 is 28.4 Å². The quantitative estimate of drug-likeness (QED) is 0.804. The standard InChI is InChI=1S/C14H23IN4O/c1-8(2)12-11(15)13(16)18-14(17-12)10-7-19(9(3)4)5-6-20-10/h8-10H,5-7H2,1-4H3,(H2,16,17,18). The molecule has 0 bridgehead atoms. The van der Waals surface area contributed by atoms with E-state index in [1.165, 1.54) is 0 Å². The van der Waals surface area contributed by atoms with Crippen molar-refractivity contribution in [2.24, 2.45) is 0 Å². The lowest BCUT2D eigenvalue weighted by Gasteiger charge is -2.35. The van der Waals surface area contributed by atoms with Gasteiger partial charge in [0.25, 0.3) is 0 Å². The van der Waals surface area contributed by atoms with Gasteiger partial charge in [0.1, 0.15) is 11.9 Å². The Morgan fingerprint density at radius 2 is 2.00 bits per heavy atom. The smallest absolute Gasteiger partial charge is 0.161 e. The van der Waals surface area contributed by atoms with Gasteiger partial charge in [-0.3, -0.25) is 4.90 Å². The van der Waals surface area contributed by atoms with Gasteiger partial charge in [0.15, 0.2) is 5.82 Å². The fourth-order valence-corrected chi connectivity index (χ4v) is 3.19. The molecule has 0 amide bonds. The van der Waals surface area contributed by atoms with E-state index in [1.807, 2.05) is 0 Å². The van der Waals surface area contributed by atoms with Crippen molar-refractivity contribution in [2.75, 3.05) is 25.4 Å². The van der Waals surface area contributed by atoms with Crippen molar-refractivity contribution in [3.05, 3.63) is 15.1 Å². The minimum absolute atomic E-state index is 0.0806. The molecule has 1 unspecified atom stereocenters. The average molecular weight is 390 g/mol. The minimum atomic E-state index is -0.0806.